The standard InChI is InChI=1S/C25H23F2N3O2S/c1-15-14-29-8-3-9-30(15)25(31)23-12-19(16-4-5-18(13-28)20(26)10-16)24(33-23)17-6-7-22(32-2)21(27)11-17/h4-7,10-12,15,29H,3,8-9,14H2,1-2H3. The zero-order chi connectivity index (χ0) is 23.5. The van der Waals surface area contributed by atoms with E-state index in [1.165, 1.54) is 42.7 Å². The van der Waals surface area contributed by atoms with Gasteiger partial charge in [-0.15, -0.1) is 11.3 Å². The van der Waals surface area contributed by atoms with E-state index in [1.54, 1.807) is 18.2 Å². The van der Waals surface area contributed by atoms with Crippen LogP contribution in [0, 0.1) is 23.0 Å². The molecule has 0 radical (unpaired) electrons. The molecule has 1 aromatic heterocycles. The molecule has 1 aliphatic heterocycles. The van der Waals surface area contributed by atoms with Crippen LogP contribution in [0.3, 0.4) is 0 Å². The summed E-state index contributed by atoms with van der Waals surface area (Å²) in [6.07, 6.45) is 0.853. The van der Waals surface area contributed by atoms with Crippen molar-refractivity contribution in [1.82, 2.24) is 10.2 Å². The number of rotatable bonds is 4. The largest absolute Gasteiger partial charge is 0.494 e. The number of nitriles is 1. The number of methoxy groups -OCH3 is 1. The number of thiophene rings is 1. The number of carbonyl (C=O) groups excluding carboxylic acids is 1. The van der Waals surface area contributed by atoms with E-state index >= 15 is 0 Å². The molecule has 1 fully saturated rings. The van der Waals surface area contributed by atoms with Gasteiger partial charge in [0, 0.05) is 29.6 Å². The molecule has 0 aliphatic carbocycles. The number of ether oxygens (including phenoxy) is 1. The van der Waals surface area contributed by atoms with Crippen molar-refractivity contribution in [3.8, 4) is 33.4 Å². The Balaban J connectivity index is 1.83. The maximum atomic E-state index is 14.5. The zero-order valence-electron chi connectivity index (χ0n) is 18.3. The molecule has 0 spiro atoms. The van der Waals surface area contributed by atoms with Gasteiger partial charge in [0.05, 0.1) is 17.6 Å². The molecule has 33 heavy (non-hydrogen) atoms. The van der Waals surface area contributed by atoms with Gasteiger partial charge in [0.15, 0.2) is 11.6 Å². The fourth-order valence-corrected chi connectivity index (χ4v) is 5.10. The van der Waals surface area contributed by atoms with Crippen LogP contribution in [0.1, 0.15) is 28.6 Å². The summed E-state index contributed by atoms with van der Waals surface area (Å²) in [4.78, 5) is 16.4. The monoisotopic (exact) mass is 467 g/mol. The summed E-state index contributed by atoms with van der Waals surface area (Å²) in [6, 6.07) is 12.5. The number of benzene rings is 2. The van der Waals surface area contributed by atoms with E-state index < -0.39 is 11.6 Å². The molecule has 2 heterocycles. The number of halogens is 2. The summed E-state index contributed by atoms with van der Waals surface area (Å²) < 4.78 is 33.9. The van der Waals surface area contributed by atoms with E-state index in [0.717, 1.165) is 13.0 Å². The third-order valence-electron chi connectivity index (χ3n) is 5.74. The van der Waals surface area contributed by atoms with Gasteiger partial charge in [0.25, 0.3) is 5.91 Å². The molecule has 0 bridgehead atoms. The minimum atomic E-state index is -0.645. The molecule has 1 unspecified atom stereocenters. The number of amides is 1. The van der Waals surface area contributed by atoms with Crippen LogP contribution in [0.5, 0.6) is 5.75 Å². The smallest absolute Gasteiger partial charge is 0.264 e. The highest BCUT2D eigenvalue weighted by Gasteiger charge is 2.26. The Hall–Kier alpha value is -3.28. The van der Waals surface area contributed by atoms with E-state index in [4.69, 9.17) is 10.00 Å². The second kappa shape index (κ2) is 9.69. The van der Waals surface area contributed by atoms with Gasteiger partial charge in [0.2, 0.25) is 0 Å². The van der Waals surface area contributed by atoms with E-state index in [2.05, 4.69) is 5.32 Å². The SMILES string of the molecule is COc1ccc(-c2sc(C(=O)N3CCCNCC3C)cc2-c2ccc(C#N)c(F)c2)cc1F. The third-order valence-corrected chi connectivity index (χ3v) is 6.91. The quantitative estimate of drug-likeness (QED) is 0.582. The molecule has 5 nitrogen and oxygen atoms in total. The highest BCUT2D eigenvalue weighted by molar-refractivity contribution is 7.18. The van der Waals surface area contributed by atoms with Crippen molar-refractivity contribution in [3.05, 3.63) is 64.5 Å². The molecule has 0 saturated carbocycles. The summed E-state index contributed by atoms with van der Waals surface area (Å²) in [5.74, 6) is -1.16. The molecule has 1 amide bonds. The Kier molecular flexibility index (Phi) is 6.72. The van der Waals surface area contributed by atoms with Gasteiger partial charge in [0.1, 0.15) is 11.9 Å². The summed E-state index contributed by atoms with van der Waals surface area (Å²) in [5, 5.41) is 12.4. The first-order valence-corrected chi connectivity index (χ1v) is 11.4. The fourth-order valence-electron chi connectivity index (χ4n) is 3.97. The van der Waals surface area contributed by atoms with Crippen LogP contribution in [0.15, 0.2) is 42.5 Å². The predicted octanol–water partition coefficient (Wildman–Crippen LogP) is 5.06. The Morgan fingerprint density at radius 3 is 2.64 bits per heavy atom. The molecule has 1 atom stereocenters. The molecular weight excluding hydrogens is 444 g/mol. The maximum Gasteiger partial charge on any atom is 0.264 e. The van der Waals surface area contributed by atoms with Gasteiger partial charge in [-0.3, -0.25) is 4.79 Å². The second-order valence-electron chi connectivity index (χ2n) is 7.91. The molecule has 1 aliphatic rings. The van der Waals surface area contributed by atoms with Gasteiger partial charge in [-0.25, -0.2) is 8.78 Å². The first kappa shape index (κ1) is 22.9. The maximum absolute atomic E-state index is 14.5. The lowest BCUT2D eigenvalue weighted by Gasteiger charge is -2.26. The molecule has 170 valence electrons. The van der Waals surface area contributed by atoms with Crippen molar-refractivity contribution < 1.29 is 18.3 Å². The Morgan fingerprint density at radius 2 is 1.94 bits per heavy atom. The molecular formula is C25H23F2N3O2S. The Bertz CT molecular complexity index is 1230. The van der Waals surface area contributed by atoms with Crippen molar-refractivity contribution in [2.24, 2.45) is 0 Å². The minimum Gasteiger partial charge on any atom is -0.494 e. The van der Waals surface area contributed by atoms with Crippen LogP contribution in [0.2, 0.25) is 0 Å². The average molecular weight is 468 g/mol. The number of hydrogen-bond acceptors (Lipinski definition) is 5. The third kappa shape index (κ3) is 4.61. The lowest BCUT2D eigenvalue weighted by atomic mass is 10.0. The normalized spacial score (nSPS) is 16.2. The van der Waals surface area contributed by atoms with E-state index in [9.17, 15) is 13.6 Å². The lowest BCUT2D eigenvalue weighted by Crippen LogP contribution is -2.41. The summed E-state index contributed by atoms with van der Waals surface area (Å²) in [7, 11) is 1.39. The van der Waals surface area contributed by atoms with E-state index in [0.29, 0.717) is 39.5 Å². The number of hydrogen-bond donors (Lipinski definition) is 1. The summed E-state index contributed by atoms with van der Waals surface area (Å²) in [5.41, 5.74) is 1.62. The highest BCUT2D eigenvalue weighted by Crippen LogP contribution is 2.41. The van der Waals surface area contributed by atoms with Gasteiger partial charge in [-0.05, 0) is 67.4 Å². The summed E-state index contributed by atoms with van der Waals surface area (Å²) in [6.45, 7) is 4.20. The van der Waals surface area contributed by atoms with Gasteiger partial charge in [-0.2, -0.15) is 5.26 Å². The highest BCUT2D eigenvalue weighted by atomic mass is 32.1. The van der Waals surface area contributed by atoms with E-state index in [1.807, 2.05) is 17.9 Å². The van der Waals surface area contributed by atoms with Crippen LogP contribution < -0.4 is 10.1 Å². The van der Waals surface area contributed by atoms with Crippen LogP contribution in [0.25, 0.3) is 21.6 Å². The number of carbonyl (C=O) groups is 1. The van der Waals surface area contributed by atoms with Crippen molar-refractivity contribution in [1.29, 1.82) is 5.26 Å². The van der Waals surface area contributed by atoms with Crippen LogP contribution in [0.4, 0.5) is 8.78 Å². The lowest BCUT2D eigenvalue weighted by molar-refractivity contribution is 0.0712. The minimum absolute atomic E-state index is 0.0276. The van der Waals surface area contributed by atoms with Gasteiger partial charge < -0.3 is 15.0 Å². The first-order valence-electron chi connectivity index (χ1n) is 10.6. The Labute approximate surface area is 195 Å². The van der Waals surface area contributed by atoms with Crippen LogP contribution >= 0.6 is 11.3 Å². The molecule has 1 saturated heterocycles. The Morgan fingerprint density at radius 1 is 1.18 bits per heavy atom. The molecule has 4 rings (SSSR count). The predicted molar refractivity (Wildman–Crippen MR) is 124 cm³/mol. The van der Waals surface area contributed by atoms with Crippen molar-refractivity contribution in [2.75, 3.05) is 26.7 Å². The molecule has 8 heteroatoms. The average Bonchev–Trinajstić information content (AvgIpc) is 3.15. The van der Waals surface area contributed by atoms with Gasteiger partial charge >= 0.3 is 0 Å². The van der Waals surface area contributed by atoms with Crippen LogP contribution in [-0.2, 0) is 0 Å². The second-order valence-corrected chi connectivity index (χ2v) is 8.97. The summed E-state index contributed by atoms with van der Waals surface area (Å²) >= 11 is 1.25. The first-order chi connectivity index (χ1) is 15.9. The van der Waals surface area contributed by atoms with Crippen molar-refractivity contribution in [2.45, 2.75) is 19.4 Å². The molecule has 1 N–H and O–H groups in total. The zero-order valence-corrected chi connectivity index (χ0v) is 19.1. The number of nitrogens with zero attached hydrogens (tertiary/aromatic N) is 2. The topological polar surface area (TPSA) is 65.4 Å². The molecule has 3 aromatic rings. The molecule has 2 aromatic carbocycles. The van der Waals surface area contributed by atoms with Crippen LogP contribution in [-0.4, -0.2) is 43.6 Å². The van der Waals surface area contributed by atoms with E-state index in [-0.39, 0.29) is 23.3 Å². The number of nitrogens with one attached hydrogen (secondary N) is 1. The van der Waals surface area contributed by atoms with Crippen molar-refractivity contribution >= 4 is 17.2 Å². The van der Waals surface area contributed by atoms with Gasteiger partial charge in [-0.1, -0.05) is 6.07 Å². The fraction of sp³-hybridized carbons (Fsp3) is 0.280. The van der Waals surface area contributed by atoms with Crippen molar-refractivity contribution in [3.63, 3.8) is 0 Å².